The zero-order valence-corrected chi connectivity index (χ0v) is 11.1. The maximum absolute atomic E-state index is 12.2. The highest BCUT2D eigenvalue weighted by Gasteiger charge is 2.03. The highest BCUT2D eigenvalue weighted by atomic mass is 35.5. The molecule has 0 radical (unpaired) electrons. The van der Waals surface area contributed by atoms with Gasteiger partial charge in [0.25, 0.3) is 5.56 Å². The summed E-state index contributed by atoms with van der Waals surface area (Å²) >= 11 is 5.88. The molecule has 5 heteroatoms. The van der Waals surface area contributed by atoms with E-state index in [4.69, 9.17) is 16.7 Å². The third kappa shape index (κ3) is 3.35. The first-order chi connectivity index (χ1) is 9.08. The maximum atomic E-state index is 12.2. The molecule has 1 aromatic carbocycles. The number of hydrogen-bond acceptors (Lipinski definition) is 2. The third-order valence-electron chi connectivity index (χ3n) is 2.98. The standard InChI is InChI=1S/C14H14ClNO3/c15-11-4-5-12-10(9-11)6-8-16(14(12)19)7-2-1-3-13(17)18/h4-6,8-9H,1-3,7H2,(H,17,18). The van der Waals surface area contributed by atoms with Crippen LogP contribution in [0.2, 0.25) is 5.02 Å². The van der Waals surface area contributed by atoms with E-state index in [2.05, 4.69) is 0 Å². The van der Waals surface area contributed by atoms with Crippen molar-refractivity contribution in [2.75, 3.05) is 0 Å². The number of carbonyl (C=O) groups is 1. The van der Waals surface area contributed by atoms with Crippen molar-refractivity contribution < 1.29 is 9.90 Å². The number of fused-ring (bicyclic) bond motifs is 1. The fourth-order valence-corrected chi connectivity index (χ4v) is 2.17. The number of hydrogen-bond donors (Lipinski definition) is 1. The molecule has 4 nitrogen and oxygen atoms in total. The van der Waals surface area contributed by atoms with Crippen molar-refractivity contribution in [3.63, 3.8) is 0 Å². The zero-order valence-electron chi connectivity index (χ0n) is 10.3. The molecule has 19 heavy (non-hydrogen) atoms. The summed E-state index contributed by atoms with van der Waals surface area (Å²) in [6.45, 7) is 0.532. The van der Waals surface area contributed by atoms with E-state index in [1.807, 2.05) is 6.07 Å². The lowest BCUT2D eigenvalue weighted by atomic mass is 10.1. The number of aliphatic carboxylic acids is 1. The van der Waals surface area contributed by atoms with Gasteiger partial charge in [0.1, 0.15) is 0 Å². The van der Waals surface area contributed by atoms with Gasteiger partial charge in [-0.05, 0) is 42.5 Å². The monoisotopic (exact) mass is 279 g/mol. The number of rotatable bonds is 5. The molecule has 0 unspecified atom stereocenters. The minimum atomic E-state index is -0.805. The lowest BCUT2D eigenvalue weighted by Gasteiger charge is -2.06. The van der Waals surface area contributed by atoms with Crippen molar-refractivity contribution in [2.24, 2.45) is 0 Å². The number of nitrogens with zero attached hydrogens (tertiary/aromatic N) is 1. The van der Waals surface area contributed by atoms with Gasteiger partial charge in [0.2, 0.25) is 0 Å². The Morgan fingerprint density at radius 3 is 2.79 bits per heavy atom. The molecule has 2 aromatic rings. The number of aryl methyl sites for hydroxylation is 1. The lowest BCUT2D eigenvalue weighted by Crippen LogP contribution is -2.19. The molecule has 0 fully saturated rings. The summed E-state index contributed by atoms with van der Waals surface area (Å²) in [7, 11) is 0. The van der Waals surface area contributed by atoms with Gasteiger partial charge in [0.05, 0.1) is 0 Å². The van der Waals surface area contributed by atoms with Gasteiger partial charge < -0.3 is 9.67 Å². The van der Waals surface area contributed by atoms with Gasteiger partial charge in [-0.25, -0.2) is 0 Å². The van der Waals surface area contributed by atoms with Crippen LogP contribution in [0.1, 0.15) is 19.3 Å². The van der Waals surface area contributed by atoms with Crippen LogP contribution in [-0.2, 0) is 11.3 Å². The van der Waals surface area contributed by atoms with E-state index < -0.39 is 5.97 Å². The van der Waals surface area contributed by atoms with Gasteiger partial charge in [-0.15, -0.1) is 0 Å². The molecule has 1 aromatic heterocycles. The SMILES string of the molecule is O=C(O)CCCCn1ccc2cc(Cl)ccc2c1=O. The average Bonchev–Trinajstić information content (AvgIpc) is 2.36. The maximum Gasteiger partial charge on any atom is 0.303 e. The van der Waals surface area contributed by atoms with E-state index in [0.717, 1.165) is 5.39 Å². The van der Waals surface area contributed by atoms with Gasteiger partial charge in [-0.1, -0.05) is 11.6 Å². The normalized spacial score (nSPS) is 10.8. The largest absolute Gasteiger partial charge is 0.481 e. The molecule has 0 bridgehead atoms. The van der Waals surface area contributed by atoms with Crippen LogP contribution in [0.3, 0.4) is 0 Å². The summed E-state index contributed by atoms with van der Waals surface area (Å²) in [5.41, 5.74) is -0.0653. The zero-order chi connectivity index (χ0) is 13.8. The van der Waals surface area contributed by atoms with Crippen LogP contribution >= 0.6 is 11.6 Å². The van der Waals surface area contributed by atoms with E-state index in [0.29, 0.717) is 29.8 Å². The summed E-state index contributed by atoms with van der Waals surface area (Å²) in [6, 6.07) is 7.01. The lowest BCUT2D eigenvalue weighted by molar-refractivity contribution is -0.137. The third-order valence-corrected chi connectivity index (χ3v) is 3.21. The Balaban J connectivity index is 2.16. The highest BCUT2D eigenvalue weighted by Crippen LogP contribution is 2.16. The second-order valence-electron chi connectivity index (χ2n) is 4.40. The van der Waals surface area contributed by atoms with Crippen molar-refractivity contribution >= 4 is 28.3 Å². The van der Waals surface area contributed by atoms with Crippen LogP contribution in [0.25, 0.3) is 10.8 Å². The fourth-order valence-electron chi connectivity index (χ4n) is 1.99. The van der Waals surface area contributed by atoms with E-state index in [1.165, 1.54) is 0 Å². The molecule has 0 saturated carbocycles. The molecule has 0 saturated heterocycles. The molecular formula is C14H14ClNO3. The molecule has 0 atom stereocenters. The minimum absolute atomic E-state index is 0.0653. The van der Waals surface area contributed by atoms with E-state index in [9.17, 15) is 9.59 Å². The Morgan fingerprint density at radius 2 is 2.05 bits per heavy atom. The van der Waals surface area contributed by atoms with E-state index in [-0.39, 0.29) is 12.0 Å². The summed E-state index contributed by atoms with van der Waals surface area (Å²) in [5, 5.41) is 10.6. The Kier molecular flexibility index (Phi) is 4.22. The number of unbranched alkanes of at least 4 members (excludes halogenated alkanes) is 1. The van der Waals surface area contributed by atoms with Crippen LogP contribution < -0.4 is 5.56 Å². The minimum Gasteiger partial charge on any atom is -0.481 e. The van der Waals surface area contributed by atoms with Crippen molar-refractivity contribution in [3.8, 4) is 0 Å². The molecule has 0 aliphatic rings. The predicted molar refractivity (Wildman–Crippen MR) is 74.7 cm³/mol. The van der Waals surface area contributed by atoms with Crippen molar-refractivity contribution in [3.05, 3.63) is 45.8 Å². The smallest absolute Gasteiger partial charge is 0.303 e. The van der Waals surface area contributed by atoms with Crippen LogP contribution in [0.5, 0.6) is 0 Å². The predicted octanol–water partition coefficient (Wildman–Crippen LogP) is 2.91. The molecule has 1 N–H and O–H groups in total. The van der Waals surface area contributed by atoms with E-state index in [1.54, 1.807) is 29.0 Å². The summed E-state index contributed by atoms with van der Waals surface area (Å²) in [4.78, 5) is 22.6. The Morgan fingerprint density at radius 1 is 1.26 bits per heavy atom. The molecule has 0 amide bonds. The molecule has 2 rings (SSSR count). The quantitative estimate of drug-likeness (QED) is 0.856. The van der Waals surface area contributed by atoms with Crippen LogP contribution in [0, 0.1) is 0 Å². The molecular weight excluding hydrogens is 266 g/mol. The number of carboxylic acid groups (broad SMARTS) is 1. The van der Waals surface area contributed by atoms with Crippen LogP contribution in [-0.4, -0.2) is 15.6 Å². The summed E-state index contributed by atoms with van der Waals surface area (Å²) in [5.74, 6) is -0.805. The van der Waals surface area contributed by atoms with Gasteiger partial charge in [0, 0.05) is 29.6 Å². The number of carboxylic acids is 1. The van der Waals surface area contributed by atoms with E-state index >= 15 is 0 Å². The van der Waals surface area contributed by atoms with Crippen LogP contribution in [0.4, 0.5) is 0 Å². The topological polar surface area (TPSA) is 59.3 Å². The molecule has 100 valence electrons. The number of halogens is 1. The first-order valence-electron chi connectivity index (χ1n) is 6.08. The van der Waals surface area contributed by atoms with Gasteiger partial charge in [-0.2, -0.15) is 0 Å². The Bertz CT molecular complexity index is 663. The molecule has 0 aliphatic carbocycles. The van der Waals surface area contributed by atoms with Gasteiger partial charge >= 0.3 is 5.97 Å². The average molecular weight is 280 g/mol. The first-order valence-corrected chi connectivity index (χ1v) is 6.46. The second-order valence-corrected chi connectivity index (χ2v) is 4.83. The molecule has 0 aliphatic heterocycles. The fraction of sp³-hybridized carbons (Fsp3) is 0.286. The number of aromatic nitrogens is 1. The molecule has 1 heterocycles. The summed E-state index contributed by atoms with van der Waals surface area (Å²) in [6.07, 6.45) is 3.10. The highest BCUT2D eigenvalue weighted by molar-refractivity contribution is 6.31. The number of benzene rings is 1. The summed E-state index contributed by atoms with van der Waals surface area (Å²) < 4.78 is 1.61. The van der Waals surface area contributed by atoms with Gasteiger partial charge in [-0.3, -0.25) is 9.59 Å². The van der Waals surface area contributed by atoms with Crippen molar-refractivity contribution in [1.29, 1.82) is 0 Å². The Hall–Kier alpha value is -1.81. The number of pyridine rings is 1. The van der Waals surface area contributed by atoms with Crippen molar-refractivity contribution in [2.45, 2.75) is 25.8 Å². The van der Waals surface area contributed by atoms with Crippen molar-refractivity contribution in [1.82, 2.24) is 4.57 Å². The van der Waals surface area contributed by atoms with Crippen LogP contribution in [0.15, 0.2) is 35.3 Å². The molecule has 0 spiro atoms. The second kappa shape index (κ2) is 5.89. The first kappa shape index (κ1) is 13.6. The van der Waals surface area contributed by atoms with Gasteiger partial charge in [0.15, 0.2) is 0 Å². The Labute approximate surface area is 115 Å².